The van der Waals surface area contributed by atoms with Gasteiger partial charge in [0.1, 0.15) is 29.8 Å². The van der Waals surface area contributed by atoms with Crippen molar-refractivity contribution < 1.29 is 41.9 Å². The molecule has 2 aliphatic carbocycles. The number of primary amides is 1. The zero-order chi connectivity index (χ0) is 37.6. The van der Waals surface area contributed by atoms with Crippen molar-refractivity contribution >= 4 is 41.5 Å². The molecule has 0 bridgehead atoms. The summed E-state index contributed by atoms with van der Waals surface area (Å²) in [6.45, 7) is 1.81. The lowest BCUT2D eigenvalue weighted by Crippen LogP contribution is -2.43. The Hall–Kier alpha value is -6.84. The summed E-state index contributed by atoms with van der Waals surface area (Å²) in [5.41, 5.74) is 7.64. The average Bonchev–Trinajstić information content (AvgIpc) is 3.84. The molecule has 2 unspecified atom stereocenters. The summed E-state index contributed by atoms with van der Waals surface area (Å²) >= 11 is 0. The predicted molar refractivity (Wildman–Crippen MR) is 180 cm³/mol. The Kier molecular flexibility index (Phi) is 7.29. The van der Waals surface area contributed by atoms with E-state index in [-0.39, 0.29) is 36.4 Å². The molecule has 266 valence electrons. The van der Waals surface area contributed by atoms with Gasteiger partial charge in [-0.2, -0.15) is 0 Å². The summed E-state index contributed by atoms with van der Waals surface area (Å²) in [5.74, 6) is -3.41. The van der Waals surface area contributed by atoms with Crippen LogP contribution in [0.4, 0.5) is 22.8 Å². The molecule has 0 radical (unpaired) electrons. The number of carbonyl (C=O) groups is 6. The Morgan fingerprint density at radius 2 is 1.23 bits per heavy atom. The van der Waals surface area contributed by atoms with Crippen molar-refractivity contribution in [3.8, 4) is 22.3 Å². The fourth-order valence-corrected chi connectivity index (χ4v) is 7.96. The molecule has 0 aromatic heterocycles. The van der Waals surface area contributed by atoms with Crippen LogP contribution in [0.15, 0.2) is 65.7 Å². The summed E-state index contributed by atoms with van der Waals surface area (Å²) in [4.78, 5) is 76.2. The van der Waals surface area contributed by atoms with Gasteiger partial charge in [-0.25, -0.2) is 22.8 Å². The SMILES string of the molecule is Cc1cc(CC(N)=O)c2c(c1)C1(NC(=O)NC1=O)c1cc(F)ccc1-2.O=C1CN=C(Cc2cc(F)cc3c2-c2ccc(F)cc2C32NC(=O)NC2=O)N1. The molecule has 13 nitrogen and oxygen atoms in total. The summed E-state index contributed by atoms with van der Waals surface area (Å²) in [6.07, 6.45) is 0.0980. The standard InChI is InChI=1S/C19H12F2N4O3.C18H14FN3O3/c20-9-1-2-11-12(5-9)19(17(27)24-18(28)25-19)13-6-10(21)3-8(16(11)13)4-14-22-7-15(26)23-14;1-8-4-9(6-14(20)23)15-11-3-2-10(19)7-12(11)18(13(15)5-8)16(24)21-17(25)22-18/h1-3,5-6H,4,7H2,(H,22,23,26)(H2,24,25,27,28);2-5,7H,6H2,1H3,(H2,20,23)(H2,21,22,24,25). The van der Waals surface area contributed by atoms with Crippen LogP contribution in [0.2, 0.25) is 0 Å². The van der Waals surface area contributed by atoms with E-state index in [0.29, 0.717) is 50.3 Å². The van der Waals surface area contributed by atoms with Gasteiger partial charge in [0.15, 0.2) is 11.1 Å². The van der Waals surface area contributed by atoms with Crippen LogP contribution >= 0.6 is 0 Å². The number of aliphatic imine (C=N–C) groups is 1. The van der Waals surface area contributed by atoms with E-state index in [1.807, 2.05) is 13.0 Å². The number of benzene rings is 4. The first-order chi connectivity index (χ1) is 25.2. The number of amidine groups is 1. The van der Waals surface area contributed by atoms with Crippen molar-refractivity contribution in [2.45, 2.75) is 30.8 Å². The molecular weight excluding hydrogens is 695 g/mol. The van der Waals surface area contributed by atoms with E-state index in [9.17, 15) is 41.9 Å². The minimum Gasteiger partial charge on any atom is -0.369 e. The van der Waals surface area contributed by atoms with Crippen LogP contribution in [0.3, 0.4) is 0 Å². The summed E-state index contributed by atoms with van der Waals surface area (Å²) in [7, 11) is 0. The summed E-state index contributed by atoms with van der Waals surface area (Å²) in [5, 5.41) is 12.2. The van der Waals surface area contributed by atoms with Gasteiger partial charge in [-0.05, 0) is 76.7 Å². The van der Waals surface area contributed by atoms with Crippen molar-refractivity contribution in [2.24, 2.45) is 10.7 Å². The maximum absolute atomic E-state index is 14.5. The van der Waals surface area contributed by atoms with Crippen LogP contribution in [0.5, 0.6) is 0 Å². The first-order valence-electron chi connectivity index (χ1n) is 16.2. The molecule has 4 aromatic rings. The highest BCUT2D eigenvalue weighted by Gasteiger charge is 2.57. The highest BCUT2D eigenvalue weighted by atomic mass is 19.1. The highest BCUT2D eigenvalue weighted by molar-refractivity contribution is 6.15. The number of carbonyl (C=O) groups excluding carboxylic acids is 6. The van der Waals surface area contributed by atoms with Gasteiger partial charge in [0.25, 0.3) is 11.8 Å². The number of halogens is 3. The second kappa shape index (κ2) is 11.6. The number of nitrogens with one attached hydrogen (secondary N) is 5. The van der Waals surface area contributed by atoms with Crippen molar-refractivity contribution in [3.05, 3.63) is 117 Å². The van der Waals surface area contributed by atoms with Crippen molar-refractivity contribution in [1.29, 1.82) is 0 Å². The molecule has 2 atom stereocenters. The van der Waals surface area contributed by atoms with E-state index in [0.717, 1.165) is 17.7 Å². The number of imide groups is 2. The fourth-order valence-electron chi connectivity index (χ4n) is 7.96. The van der Waals surface area contributed by atoms with Gasteiger partial charge in [0.2, 0.25) is 11.8 Å². The number of amides is 8. The molecule has 53 heavy (non-hydrogen) atoms. The highest BCUT2D eigenvalue weighted by Crippen LogP contribution is 2.52. The van der Waals surface area contributed by atoms with Gasteiger partial charge in [-0.3, -0.25) is 34.8 Å². The Morgan fingerprint density at radius 3 is 1.72 bits per heavy atom. The van der Waals surface area contributed by atoms with Crippen molar-refractivity contribution in [3.63, 3.8) is 0 Å². The fraction of sp³-hybridized carbons (Fsp3) is 0.162. The van der Waals surface area contributed by atoms with Crippen LogP contribution < -0.4 is 32.3 Å². The summed E-state index contributed by atoms with van der Waals surface area (Å²) < 4.78 is 42.4. The molecular formula is C37H26F3N7O6. The normalized spacial score (nSPS) is 21.1. The first-order valence-corrected chi connectivity index (χ1v) is 16.2. The molecule has 9 rings (SSSR count). The molecule has 2 saturated heterocycles. The first kappa shape index (κ1) is 33.3. The number of nitrogens with zero attached hydrogens (tertiary/aromatic N) is 1. The molecule has 3 heterocycles. The topological polar surface area (TPSA) is 201 Å². The zero-order valence-electron chi connectivity index (χ0n) is 27.5. The van der Waals surface area contributed by atoms with Crippen LogP contribution in [0.1, 0.15) is 38.9 Å². The maximum Gasteiger partial charge on any atom is 0.322 e. The largest absolute Gasteiger partial charge is 0.369 e. The number of hydrogen-bond donors (Lipinski definition) is 6. The number of hydrogen-bond acceptors (Lipinski definition) is 7. The number of nitrogens with two attached hydrogens (primary N) is 1. The van der Waals surface area contributed by atoms with E-state index in [1.54, 1.807) is 12.1 Å². The smallest absolute Gasteiger partial charge is 0.322 e. The Balaban J connectivity index is 0.000000152. The predicted octanol–water partition coefficient (Wildman–Crippen LogP) is 2.32. The number of fused-ring (bicyclic) bond motifs is 10. The Bertz CT molecular complexity index is 2470. The lowest BCUT2D eigenvalue weighted by Gasteiger charge is -2.23. The van der Waals surface area contributed by atoms with Crippen molar-refractivity contribution in [2.75, 3.05) is 6.54 Å². The summed E-state index contributed by atoms with van der Waals surface area (Å²) in [6, 6.07) is 12.6. The van der Waals surface area contributed by atoms with Gasteiger partial charge in [0, 0.05) is 28.7 Å². The number of aryl methyl sites for hydroxylation is 1. The van der Waals surface area contributed by atoms with Gasteiger partial charge < -0.3 is 21.7 Å². The molecule has 16 heteroatoms. The van der Waals surface area contributed by atoms with Gasteiger partial charge in [-0.15, -0.1) is 0 Å². The molecule has 4 aromatic carbocycles. The van der Waals surface area contributed by atoms with Gasteiger partial charge in [0.05, 0.1) is 6.42 Å². The quantitative estimate of drug-likeness (QED) is 0.175. The van der Waals surface area contributed by atoms with E-state index >= 15 is 0 Å². The van der Waals surface area contributed by atoms with E-state index in [4.69, 9.17) is 5.73 Å². The number of rotatable bonds is 4. The lowest BCUT2D eigenvalue weighted by atomic mass is 9.86. The third-order valence-electron chi connectivity index (χ3n) is 9.82. The second-order valence-electron chi connectivity index (χ2n) is 13.2. The third-order valence-corrected chi connectivity index (χ3v) is 9.82. The van der Waals surface area contributed by atoms with Gasteiger partial charge in [-0.1, -0.05) is 29.8 Å². The minimum absolute atomic E-state index is 0.00294. The van der Waals surface area contributed by atoms with Crippen LogP contribution in [0, 0.1) is 24.4 Å². The molecule has 2 fully saturated rings. The Morgan fingerprint density at radius 1 is 0.698 bits per heavy atom. The molecule has 5 aliphatic rings. The number of urea groups is 2. The monoisotopic (exact) mass is 721 g/mol. The van der Waals surface area contributed by atoms with Gasteiger partial charge >= 0.3 is 12.1 Å². The molecule has 0 saturated carbocycles. The molecule has 7 N–H and O–H groups in total. The van der Waals surface area contributed by atoms with E-state index in [2.05, 4.69) is 31.6 Å². The van der Waals surface area contributed by atoms with E-state index in [1.165, 1.54) is 30.3 Å². The van der Waals surface area contributed by atoms with Crippen molar-refractivity contribution in [1.82, 2.24) is 26.6 Å². The minimum atomic E-state index is -1.71. The molecule has 3 aliphatic heterocycles. The molecule has 8 amide bonds. The van der Waals surface area contributed by atoms with E-state index < -0.39 is 58.3 Å². The zero-order valence-corrected chi connectivity index (χ0v) is 27.5. The van der Waals surface area contributed by atoms with Crippen LogP contribution in [0.25, 0.3) is 22.3 Å². The average molecular weight is 722 g/mol. The molecule has 2 spiro atoms. The second-order valence-corrected chi connectivity index (χ2v) is 13.2. The van der Waals surface area contributed by atoms with Crippen LogP contribution in [-0.2, 0) is 43.1 Å². The van der Waals surface area contributed by atoms with Crippen LogP contribution in [-0.4, -0.2) is 48.1 Å². The lowest BCUT2D eigenvalue weighted by molar-refractivity contribution is -0.123. The maximum atomic E-state index is 14.5. The third kappa shape index (κ3) is 4.97. The Labute approximate surface area is 297 Å².